The van der Waals surface area contributed by atoms with Crippen LogP contribution in [0.1, 0.15) is 16.7 Å². The van der Waals surface area contributed by atoms with Crippen LogP contribution in [0.5, 0.6) is 0 Å². The Morgan fingerprint density at radius 2 is 1.23 bits per heavy atom. The fourth-order valence-electron chi connectivity index (χ4n) is 3.43. The molecule has 148 valence electrons. The Balaban J connectivity index is 1.55. The maximum atomic E-state index is 4.40. The Morgan fingerprint density at radius 1 is 0.667 bits per heavy atom. The summed E-state index contributed by atoms with van der Waals surface area (Å²) in [6.45, 7) is 4.18. The normalized spacial score (nSPS) is 10.9. The van der Waals surface area contributed by atoms with E-state index in [0.29, 0.717) is 0 Å². The number of nitrogens with zero attached hydrogens (tertiary/aromatic N) is 2. The van der Waals surface area contributed by atoms with E-state index in [1.54, 1.807) is 0 Å². The van der Waals surface area contributed by atoms with Gasteiger partial charge >= 0.3 is 0 Å². The van der Waals surface area contributed by atoms with Gasteiger partial charge in [-0.3, -0.25) is 5.43 Å². The number of nitrogens with one attached hydrogen (secondary N) is 1. The Morgan fingerprint density at radius 3 is 1.80 bits per heavy atom. The third-order valence-corrected chi connectivity index (χ3v) is 4.96. The summed E-state index contributed by atoms with van der Waals surface area (Å²) in [5, 5.41) is 4.40. The average Bonchev–Trinajstić information content (AvgIpc) is 2.78. The number of rotatable bonds is 6. The first kappa shape index (κ1) is 19.5. The summed E-state index contributed by atoms with van der Waals surface area (Å²) in [7, 11) is 0. The largest absolute Gasteiger partial charge is 0.311 e. The molecule has 4 rings (SSSR count). The molecule has 0 amide bonds. The molecule has 0 aliphatic rings. The SMILES string of the molecule is Cc1ccc(NN=Cc2ccc(N(c3ccccc3)c3ccccc3)cc2)c(C)c1. The van der Waals surface area contributed by atoms with Crippen molar-refractivity contribution in [3.8, 4) is 0 Å². The van der Waals surface area contributed by atoms with E-state index in [4.69, 9.17) is 0 Å². The maximum Gasteiger partial charge on any atom is 0.0591 e. The van der Waals surface area contributed by atoms with Crippen LogP contribution in [0, 0.1) is 13.8 Å². The van der Waals surface area contributed by atoms with Crippen molar-refractivity contribution in [1.82, 2.24) is 0 Å². The standard InChI is InChI=1S/C27H25N3/c1-21-13-18-27(22(2)19-21)29-28-20-23-14-16-26(17-15-23)30(24-9-5-3-6-10-24)25-11-7-4-8-12-25/h3-20,29H,1-2H3. The van der Waals surface area contributed by atoms with Gasteiger partial charge in [0.1, 0.15) is 0 Å². The summed E-state index contributed by atoms with van der Waals surface area (Å²) in [6.07, 6.45) is 1.85. The van der Waals surface area contributed by atoms with Gasteiger partial charge in [-0.15, -0.1) is 0 Å². The zero-order chi connectivity index (χ0) is 20.8. The van der Waals surface area contributed by atoms with Gasteiger partial charge in [0.25, 0.3) is 0 Å². The van der Waals surface area contributed by atoms with E-state index in [-0.39, 0.29) is 0 Å². The molecule has 0 aliphatic carbocycles. The molecule has 0 atom stereocenters. The number of para-hydroxylation sites is 2. The predicted octanol–water partition coefficient (Wildman–Crippen LogP) is 7.22. The van der Waals surface area contributed by atoms with Crippen molar-refractivity contribution in [2.24, 2.45) is 5.10 Å². The second-order valence-electron chi connectivity index (χ2n) is 7.29. The molecule has 0 aromatic heterocycles. The van der Waals surface area contributed by atoms with Crippen LogP contribution in [0.3, 0.4) is 0 Å². The van der Waals surface area contributed by atoms with E-state index in [2.05, 4.69) is 120 Å². The summed E-state index contributed by atoms with van der Waals surface area (Å²) < 4.78 is 0. The Bertz CT molecular complexity index is 1080. The number of hydrogen-bond acceptors (Lipinski definition) is 3. The minimum absolute atomic E-state index is 1.02. The first-order valence-corrected chi connectivity index (χ1v) is 10.1. The molecule has 0 spiro atoms. The molecular formula is C27H25N3. The van der Waals surface area contributed by atoms with Gasteiger partial charge < -0.3 is 4.90 Å². The van der Waals surface area contributed by atoms with Crippen molar-refractivity contribution in [3.05, 3.63) is 120 Å². The van der Waals surface area contributed by atoms with Crippen LogP contribution in [0.25, 0.3) is 0 Å². The first-order chi connectivity index (χ1) is 14.7. The lowest BCUT2D eigenvalue weighted by Gasteiger charge is -2.25. The molecule has 3 nitrogen and oxygen atoms in total. The molecule has 3 heteroatoms. The molecule has 0 bridgehead atoms. The van der Waals surface area contributed by atoms with Gasteiger partial charge in [0.2, 0.25) is 0 Å². The topological polar surface area (TPSA) is 27.6 Å². The van der Waals surface area contributed by atoms with Gasteiger partial charge in [0.15, 0.2) is 0 Å². The molecule has 0 aliphatic heterocycles. The second kappa shape index (κ2) is 9.10. The van der Waals surface area contributed by atoms with E-state index >= 15 is 0 Å². The third-order valence-electron chi connectivity index (χ3n) is 4.96. The minimum atomic E-state index is 1.02. The Labute approximate surface area is 178 Å². The lowest BCUT2D eigenvalue weighted by atomic mass is 10.1. The maximum absolute atomic E-state index is 4.40. The predicted molar refractivity (Wildman–Crippen MR) is 128 cm³/mol. The highest BCUT2D eigenvalue weighted by Crippen LogP contribution is 2.33. The first-order valence-electron chi connectivity index (χ1n) is 10.1. The lowest BCUT2D eigenvalue weighted by molar-refractivity contribution is 1.28. The zero-order valence-electron chi connectivity index (χ0n) is 17.3. The summed E-state index contributed by atoms with van der Waals surface area (Å²) >= 11 is 0. The highest BCUT2D eigenvalue weighted by Gasteiger charge is 2.11. The number of benzene rings is 4. The van der Waals surface area contributed by atoms with Crippen molar-refractivity contribution < 1.29 is 0 Å². The molecule has 1 N–H and O–H groups in total. The van der Waals surface area contributed by atoms with Gasteiger partial charge in [-0.2, -0.15) is 5.10 Å². The molecule has 0 unspecified atom stereocenters. The molecule has 0 saturated carbocycles. The Hall–Kier alpha value is -3.85. The summed E-state index contributed by atoms with van der Waals surface area (Å²) in [4.78, 5) is 2.24. The minimum Gasteiger partial charge on any atom is -0.311 e. The summed E-state index contributed by atoms with van der Waals surface area (Å²) in [5.41, 5.74) is 11.0. The van der Waals surface area contributed by atoms with Crippen LogP contribution < -0.4 is 10.3 Å². The smallest absolute Gasteiger partial charge is 0.0591 e. The van der Waals surface area contributed by atoms with E-state index in [9.17, 15) is 0 Å². The van der Waals surface area contributed by atoms with Crippen LogP contribution in [0.4, 0.5) is 22.7 Å². The molecule has 0 heterocycles. The number of aryl methyl sites for hydroxylation is 2. The quantitative estimate of drug-likeness (QED) is 0.277. The molecule has 30 heavy (non-hydrogen) atoms. The fourth-order valence-corrected chi connectivity index (χ4v) is 3.43. The fraction of sp³-hybridized carbons (Fsp3) is 0.0741. The number of hydrogen-bond donors (Lipinski definition) is 1. The van der Waals surface area contributed by atoms with Crippen molar-refractivity contribution in [2.45, 2.75) is 13.8 Å². The van der Waals surface area contributed by atoms with Gasteiger partial charge in [0, 0.05) is 17.1 Å². The molecule has 0 radical (unpaired) electrons. The van der Waals surface area contributed by atoms with Crippen molar-refractivity contribution in [1.29, 1.82) is 0 Å². The van der Waals surface area contributed by atoms with Gasteiger partial charge in [-0.05, 0) is 67.4 Å². The summed E-state index contributed by atoms with van der Waals surface area (Å²) in [6, 6.07) is 35.5. The van der Waals surface area contributed by atoms with Crippen LogP contribution in [0.15, 0.2) is 108 Å². The highest BCUT2D eigenvalue weighted by molar-refractivity contribution is 5.83. The van der Waals surface area contributed by atoms with Crippen LogP contribution in [0.2, 0.25) is 0 Å². The highest BCUT2D eigenvalue weighted by atomic mass is 15.3. The number of hydrazone groups is 1. The van der Waals surface area contributed by atoms with Crippen molar-refractivity contribution in [3.63, 3.8) is 0 Å². The molecular weight excluding hydrogens is 366 g/mol. The second-order valence-corrected chi connectivity index (χ2v) is 7.29. The van der Waals surface area contributed by atoms with Gasteiger partial charge in [-0.1, -0.05) is 66.2 Å². The molecule has 0 saturated heterocycles. The van der Waals surface area contributed by atoms with E-state index in [0.717, 1.165) is 28.3 Å². The van der Waals surface area contributed by atoms with Crippen LogP contribution in [-0.2, 0) is 0 Å². The van der Waals surface area contributed by atoms with Gasteiger partial charge in [0.05, 0.1) is 11.9 Å². The van der Waals surface area contributed by atoms with Crippen LogP contribution >= 0.6 is 0 Å². The van der Waals surface area contributed by atoms with E-state index in [1.807, 2.05) is 18.3 Å². The van der Waals surface area contributed by atoms with E-state index < -0.39 is 0 Å². The Kier molecular flexibility index (Phi) is 5.90. The number of anilines is 4. The van der Waals surface area contributed by atoms with Crippen molar-refractivity contribution >= 4 is 29.0 Å². The average molecular weight is 392 g/mol. The zero-order valence-corrected chi connectivity index (χ0v) is 17.3. The van der Waals surface area contributed by atoms with Crippen LogP contribution in [-0.4, -0.2) is 6.21 Å². The van der Waals surface area contributed by atoms with Crippen molar-refractivity contribution in [2.75, 3.05) is 10.3 Å². The van der Waals surface area contributed by atoms with Gasteiger partial charge in [-0.25, -0.2) is 0 Å². The molecule has 4 aromatic rings. The molecule has 4 aromatic carbocycles. The third kappa shape index (κ3) is 4.58. The van der Waals surface area contributed by atoms with E-state index in [1.165, 1.54) is 11.1 Å². The molecule has 0 fully saturated rings. The summed E-state index contributed by atoms with van der Waals surface area (Å²) in [5.74, 6) is 0. The lowest BCUT2D eigenvalue weighted by Crippen LogP contribution is -2.09. The monoisotopic (exact) mass is 391 g/mol.